The van der Waals surface area contributed by atoms with Crippen molar-refractivity contribution < 1.29 is 19.1 Å². The van der Waals surface area contributed by atoms with Crippen molar-refractivity contribution in [3.05, 3.63) is 18.2 Å². The zero-order valence-electron chi connectivity index (χ0n) is 13.0. The first-order chi connectivity index (χ1) is 11.1. The number of likely N-dealkylation sites (tertiary alicyclic amines) is 1. The Hall–Kier alpha value is -2.24. The lowest BCUT2D eigenvalue weighted by molar-refractivity contribution is -0.131. The number of rotatable bonds is 3. The lowest BCUT2D eigenvalue weighted by Crippen LogP contribution is -2.34. The maximum Gasteiger partial charge on any atom is 0.251 e. The average molecular weight is 316 g/mol. The van der Waals surface area contributed by atoms with E-state index in [2.05, 4.69) is 5.32 Å². The largest absolute Gasteiger partial charge is 0.448 e. The van der Waals surface area contributed by atoms with Crippen molar-refractivity contribution in [2.75, 3.05) is 18.4 Å². The second-order valence-corrected chi connectivity index (χ2v) is 6.45. The van der Waals surface area contributed by atoms with Crippen molar-refractivity contribution in [1.82, 2.24) is 4.90 Å². The SMILES string of the molecule is O=C(CN1CCCC1=O)Nc1ccc2c(c1)OC1(CCCC1)O2. The fourth-order valence-electron chi connectivity index (χ4n) is 3.53. The van der Waals surface area contributed by atoms with E-state index >= 15 is 0 Å². The summed E-state index contributed by atoms with van der Waals surface area (Å²) in [7, 11) is 0. The lowest BCUT2D eigenvalue weighted by Gasteiger charge is -2.21. The summed E-state index contributed by atoms with van der Waals surface area (Å²) in [6.45, 7) is 0.771. The number of nitrogens with one attached hydrogen (secondary N) is 1. The van der Waals surface area contributed by atoms with Gasteiger partial charge in [0.2, 0.25) is 11.8 Å². The number of fused-ring (bicyclic) bond motifs is 1. The molecule has 1 N–H and O–H groups in total. The quantitative estimate of drug-likeness (QED) is 0.929. The van der Waals surface area contributed by atoms with Crippen LogP contribution in [0.3, 0.4) is 0 Å². The van der Waals surface area contributed by atoms with Crippen LogP contribution in [0, 0.1) is 0 Å². The molecule has 0 atom stereocenters. The minimum atomic E-state index is -0.493. The second-order valence-electron chi connectivity index (χ2n) is 6.45. The zero-order chi connectivity index (χ0) is 15.9. The van der Waals surface area contributed by atoms with Crippen LogP contribution in [0.1, 0.15) is 38.5 Å². The van der Waals surface area contributed by atoms with Crippen molar-refractivity contribution >= 4 is 17.5 Å². The van der Waals surface area contributed by atoms with E-state index < -0.39 is 5.79 Å². The Morgan fingerprint density at radius 2 is 1.96 bits per heavy atom. The lowest BCUT2D eigenvalue weighted by atomic mass is 10.2. The Morgan fingerprint density at radius 3 is 2.70 bits per heavy atom. The van der Waals surface area contributed by atoms with E-state index in [0.29, 0.717) is 24.4 Å². The molecule has 0 unspecified atom stereocenters. The van der Waals surface area contributed by atoms with E-state index in [9.17, 15) is 9.59 Å². The molecule has 6 heteroatoms. The van der Waals surface area contributed by atoms with Gasteiger partial charge in [0.1, 0.15) is 0 Å². The number of ether oxygens (including phenoxy) is 2. The summed E-state index contributed by atoms with van der Waals surface area (Å²) in [4.78, 5) is 25.2. The van der Waals surface area contributed by atoms with E-state index in [-0.39, 0.29) is 18.4 Å². The van der Waals surface area contributed by atoms with Crippen molar-refractivity contribution in [1.29, 1.82) is 0 Å². The number of benzene rings is 1. The molecule has 1 aromatic carbocycles. The van der Waals surface area contributed by atoms with E-state index in [1.807, 2.05) is 6.07 Å². The van der Waals surface area contributed by atoms with Crippen LogP contribution in [0.4, 0.5) is 5.69 Å². The second kappa shape index (κ2) is 5.44. The molecule has 2 heterocycles. The van der Waals surface area contributed by atoms with Gasteiger partial charge < -0.3 is 19.7 Å². The highest BCUT2D eigenvalue weighted by molar-refractivity contribution is 5.95. The summed E-state index contributed by atoms with van der Waals surface area (Å²) in [5.74, 6) is 0.790. The van der Waals surface area contributed by atoms with Crippen LogP contribution >= 0.6 is 0 Å². The first-order valence-electron chi connectivity index (χ1n) is 8.23. The van der Waals surface area contributed by atoms with Crippen molar-refractivity contribution in [2.24, 2.45) is 0 Å². The van der Waals surface area contributed by atoms with Gasteiger partial charge in [-0.25, -0.2) is 0 Å². The first-order valence-corrected chi connectivity index (χ1v) is 8.23. The highest BCUT2D eigenvalue weighted by Crippen LogP contribution is 2.47. The molecule has 2 aliphatic heterocycles. The summed E-state index contributed by atoms with van der Waals surface area (Å²) in [5.41, 5.74) is 0.666. The summed E-state index contributed by atoms with van der Waals surface area (Å²) < 4.78 is 11.9. The van der Waals surface area contributed by atoms with Gasteiger partial charge in [-0.05, 0) is 31.4 Å². The first kappa shape index (κ1) is 14.4. The van der Waals surface area contributed by atoms with Crippen molar-refractivity contribution in [3.63, 3.8) is 0 Å². The van der Waals surface area contributed by atoms with E-state index in [0.717, 1.165) is 37.9 Å². The molecule has 1 saturated carbocycles. The topological polar surface area (TPSA) is 67.9 Å². The molecule has 122 valence electrons. The van der Waals surface area contributed by atoms with Crippen LogP contribution in [-0.4, -0.2) is 35.6 Å². The fourth-order valence-corrected chi connectivity index (χ4v) is 3.53. The zero-order valence-corrected chi connectivity index (χ0v) is 13.0. The van der Waals surface area contributed by atoms with Crippen molar-refractivity contribution in [2.45, 2.75) is 44.3 Å². The molecule has 1 aliphatic carbocycles. The number of anilines is 1. The minimum Gasteiger partial charge on any atom is -0.448 e. The summed E-state index contributed by atoms with van der Waals surface area (Å²) in [6.07, 6.45) is 5.40. The normalized spacial score (nSPS) is 21.2. The molecule has 6 nitrogen and oxygen atoms in total. The molecule has 1 spiro atoms. The van der Waals surface area contributed by atoms with Crippen LogP contribution in [0.2, 0.25) is 0 Å². The molecule has 0 radical (unpaired) electrons. The number of carbonyl (C=O) groups is 2. The van der Waals surface area contributed by atoms with E-state index in [1.165, 1.54) is 0 Å². The van der Waals surface area contributed by atoms with E-state index in [4.69, 9.17) is 9.47 Å². The van der Waals surface area contributed by atoms with Gasteiger partial charge in [-0.15, -0.1) is 0 Å². The molecule has 0 aromatic heterocycles. The Morgan fingerprint density at radius 1 is 1.17 bits per heavy atom. The summed E-state index contributed by atoms with van der Waals surface area (Å²) >= 11 is 0. The van der Waals surface area contributed by atoms with Gasteiger partial charge >= 0.3 is 0 Å². The van der Waals surface area contributed by atoms with Crippen molar-refractivity contribution in [3.8, 4) is 11.5 Å². The number of hydrogen-bond donors (Lipinski definition) is 1. The molecule has 2 fully saturated rings. The van der Waals surface area contributed by atoms with Gasteiger partial charge in [0.15, 0.2) is 11.5 Å². The maximum atomic E-state index is 12.1. The average Bonchev–Trinajstić information content (AvgIpc) is 3.21. The maximum absolute atomic E-state index is 12.1. The highest BCUT2D eigenvalue weighted by atomic mass is 16.7. The number of hydrogen-bond acceptors (Lipinski definition) is 4. The highest BCUT2D eigenvalue weighted by Gasteiger charge is 2.44. The monoisotopic (exact) mass is 316 g/mol. The van der Waals surface area contributed by atoms with Gasteiger partial charge in [-0.3, -0.25) is 9.59 Å². The van der Waals surface area contributed by atoms with E-state index in [1.54, 1.807) is 17.0 Å². The predicted octanol–water partition coefficient (Wildman–Crippen LogP) is 2.29. The third-order valence-corrected chi connectivity index (χ3v) is 4.69. The number of amides is 2. The molecule has 4 rings (SSSR count). The van der Waals surface area contributed by atoms with Gasteiger partial charge in [-0.1, -0.05) is 0 Å². The Balaban J connectivity index is 1.41. The van der Waals surface area contributed by atoms with Gasteiger partial charge in [-0.2, -0.15) is 0 Å². The molecular weight excluding hydrogens is 296 g/mol. The number of carbonyl (C=O) groups excluding carboxylic acids is 2. The Kier molecular flexibility index (Phi) is 3.39. The molecule has 1 saturated heterocycles. The molecule has 1 aromatic rings. The van der Waals surface area contributed by atoms with Crippen LogP contribution in [0.5, 0.6) is 11.5 Å². The van der Waals surface area contributed by atoms with Crippen LogP contribution < -0.4 is 14.8 Å². The molecular formula is C17H20N2O4. The van der Waals surface area contributed by atoms with Crippen LogP contribution in [-0.2, 0) is 9.59 Å². The summed E-state index contributed by atoms with van der Waals surface area (Å²) in [5, 5.41) is 2.83. The Labute approximate surface area is 134 Å². The smallest absolute Gasteiger partial charge is 0.251 e. The molecule has 2 amide bonds. The third-order valence-electron chi connectivity index (χ3n) is 4.69. The van der Waals surface area contributed by atoms with Gasteiger partial charge in [0, 0.05) is 37.6 Å². The van der Waals surface area contributed by atoms with Gasteiger partial charge in [0.05, 0.1) is 6.54 Å². The van der Waals surface area contributed by atoms with Gasteiger partial charge in [0.25, 0.3) is 5.79 Å². The van der Waals surface area contributed by atoms with Crippen LogP contribution in [0.15, 0.2) is 18.2 Å². The molecule has 23 heavy (non-hydrogen) atoms. The predicted molar refractivity (Wildman–Crippen MR) is 83.3 cm³/mol. The standard InChI is InChI=1S/C17H20N2O4/c20-15(11-19-9-3-4-16(19)21)18-12-5-6-13-14(10-12)23-17(22-13)7-1-2-8-17/h5-6,10H,1-4,7-9,11H2,(H,18,20). The minimum absolute atomic E-state index is 0.0500. The fraction of sp³-hybridized carbons (Fsp3) is 0.529. The Bertz CT molecular complexity index is 652. The van der Waals surface area contributed by atoms with Crippen LogP contribution in [0.25, 0.3) is 0 Å². The summed E-state index contributed by atoms with van der Waals surface area (Å²) in [6, 6.07) is 5.44. The number of nitrogens with zero attached hydrogens (tertiary/aromatic N) is 1. The molecule has 0 bridgehead atoms. The molecule has 3 aliphatic rings. The third kappa shape index (κ3) is 2.73.